The third-order valence-electron chi connectivity index (χ3n) is 2.50. The summed E-state index contributed by atoms with van der Waals surface area (Å²) in [6.45, 7) is 7.39. The van der Waals surface area contributed by atoms with Gasteiger partial charge < -0.3 is 14.8 Å². The number of hydrogen-bond acceptors (Lipinski definition) is 4. The molecular formula is C16H22N2O4. The van der Waals surface area contributed by atoms with Crippen LogP contribution in [0.1, 0.15) is 43.6 Å². The molecule has 0 unspecified atom stereocenters. The normalized spacial score (nSPS) is 11.8. The van der Waals surface area contributed by atoms with Crippen molar-refractivity contribution in [1.29, 1.82) is 0 Å². The van der Waals surface area contributed by atoms with Gasteiger partial charge in [-0.1, -0.05) is 12.1 Å². The van der Waals surface area contributed by atoms with Gasteiger partial charge in [0.05, 0.1) is 12.2 Å². The van der Waals surface area contributed by atoms with Gasteiger partial charge in [-0.2, -0.15) is 4.99 Å². The van der Waals surface area contributed by atoms with Crippen molar-refractivity contribution in [3.05, 3.63) is 35.4 Å². The number of hydrogen-bond donors (Lipinski definition) is 1. The molecule has 0 aliphatic rings. The van der Waals surface area contributed by atoms with Crippen molar-refractivity contribution >= 4 is 17.9 Å². The summed E-state index contributed by atoms with van der Waals surface area (Å²) >= 11 is 0. The molecule has 0 aromatic heterocycles. The fraction of sp³-hybridized carbons (Fsp3) is 0.438. The molecule has 0 heterocycles. The van der Waals surface area contributed by atoms with Crippen LogP contribution in [0, 0.1) is 0 Å². The number of amidine groups is 1. The van der Waals surface area contributed by atoms with Crippen molar-refractivity contribution in [3.63, 3.8) is 0 Å². The Morgan fingerprint density at radius 3 is 2.14 bits per heavy atom. The fourth-order valence-electron chi connectivity index (χ4n) is 1.62. The minimum atomic E-state index is -0.675. The average Bonchev–Trinajstić information content (AvgIpc) is 2.43. The molecule has 0 radical (unpaired) electrons. The van der Waals surface area contributed by atoms with E-state index in [-0.39, 0.29) is 5.97 Å². The molecule has 1 N–H and O–H groups in total. The standard InChI is InChI=1S/C16H22N2O4/c1-6-21-14(19)12-9-7-11(8-10-12)13(17-5)18-15(20)22-16(2,3)4/h7-10H,6H2,1-5H3,(H,17,18,20). The van der Waals surface area contributed by atoms with Crippen LogP contribution < -0.4 is 5.32 Å². The third-order valence-corrected chi connectivity index (χ3v) is 2.50. The van der Waals surface area contributed by atoms with Crippen molar-refractivity contribution < 1.29 is 19.1 Å². The highest BCUT2D eigenvalue weighted by Gasteiger charge is 2.16. The van der Waals surface area contributed by atoms with E-state index in [0.717, 1.165) is 0 Å². The Balaban J connectivity index is 2.91. The van der Waals surface area contributed by atoms with E-state index < -0.39 is 11.7 Å². The molecule has 0 fully saturated rings. The van der Waals surface area contributed by atoms with Crippen LogP contribution in [0.4, 0.5) is 4.79 Å². The molecule has 6 nitrogen and oxygen atoms in total. The molecule has 120 valence electrons. The smallest absolute Gasteiger partial charge is 0.436 e. The monoisotopic (exact) mass is 306 g/mol. The molecule has 0 aliphatic heterocycles. The summed E-state index contributed by atoms with van der Waals surface area (Å²) in [4.78, 5) is 27.2. The van der Waals surface area contributed by atoms with Crippen LogP contribution >= 0.6 is 0 Å². The highest BCUT2D eigenvalue weighted by Crippen LogP contribution is 2.10. The lowest BCUT2D eigenvalue weighted by atomic mass is 10.1. The average molecular weight is 306 g/mol. The van der Waals surface area contributed by atoms with Crippen LogP contribution in [-0.4, -0.2) is 37.2 Å². The molecule has 0 saturated carbocycles. The molecule has 0 aliphatic carbocycles. The van der Waals surface area contributed by atoms with Gasteiger partial charge in [-0.05, 0) is 39.8 Å². The zero-order chi connectivity index (χ0) is 16.8. The summed E-state index contributed by atoms with van der Waals surface area (Å²) in [7, 11) is 1.66. The highest BCUT2D eigenvalue weighted by atomic mass is 16.6. The van der Waals surface area contributed by atoms with E-state index in [1.54, 1.807) is 59.0 Å². The molecule has 0 atom stereocenters. The highest BCUT2D eigenvalue weighted by molar-refractivity contribution is 6.04. The number of esters is 1. The second kappa shape index (κ2) is 7.59. The van der Waals surface area contributed by atoms with Crippen molar-refractivity contribution in [2.24, 2.45) is 4.99 Å². The van der Waals surface area contributed by atoms with E-state index in [0.29, 0.717) is 23.6 Å². The first-order valence-corrected chi connectivity index (χ1v) is 7.03. The molecule has 1 amide bonds. The van der Waals surface area contributed by atoms with Gasteiger partial charge in [0.1, 0.15) is 11.4 Å². The SMILES string of the molecule is CCOC(=O)c1ccc(/C(=N/C(=O)OC(C)(C)C)NC)cc1. The molecule has 0 saturated heterocycles. The minimum absolute atomic E-state index is 0.322. The summed E-state index contributed by atoms with van der Waals surface area (Å²) in [6.07, 6.45) is -0.675. The Labute approximate surface area is 130 Å². The number of aliphatic imine (C=N–C) groups is 1. The number of ether oxygens (including phenoxy) is 2. The van der Waals surface area contributed by atoms with Gasteiger partial charge in [0.15, 0.2) is 0 Å². The quantitative estimate of drug-likeness (QED) is 0.528. The molecule has 1 rings (SSSR count). The van der Waals surface area contributed by atoms with Crippen LogP contribution in [0.2, 0.25) is 0 Å². The van der Waals surface area contributed by atoms with E-state index >= 15 is 0 Å². The summed E-state index contributed by atoms with van der Waals surface area (Å²) in [6, 6.07) is 6.61. The van der Waals surface area contributed by atoms with Crippen LogP contribution in [-0.2, 0) is 9.47 Å². The molecule has 0 bridgehead atoms. The second-order valence-corrected chi connectivity index (χ2v) is 5.49. The van der Waals surface area contributed by atoms with Crippen molar-refractivity contribution in [3.8, 4) is 0 Å². The number of carbonyl (C=O) groups excluding carboxylic acids is 2. The first kappa shape index (κ1) is 17.7. The molecule has 0 spiro atoms. The van der Waals surface area contributed by atoms with E-state index in [1.807, 2.05) is 0 Å². The lowest BCUT2D eigenvalue weighted by Crippen LogP contribution is -2.26. The van der Waals surface area contributed by atoms with Gasteiger partial charge in [0, 0.05) is 12.6 Å². The maximum absolute atomic E-state index is 11.7. The first-order chi connectivity index (χ1) is 10.3. The number of nitrogens with zero attached hydrogens (tertiary/aromatic N) is 1. The Hall–Kier alpha value is -2.37. The number of carbonyl (C=O) groups is 2. The van der Waals surface area contributed by atoms with E-state index in [2.05, 4.69) is 10.3 Å². The second-order valence-electron chi connectivity index (χ2n) is 5.49. The van der Waals surface area contributed by atoms with Gasteiger partial charge >= 0.3 is 12.1 Å². The number of amides is 1. The van der Waals surface area contributed by atoms with Gasteiger partial charge in [0.2, 0.25) is 0 Å². The summed E-state index contributed by atoms with van der Waals surface area (Å²) in [5.74, 6) is -0.0196. The van der Waals surface area contributed by atoms with Gasteiger partial charge in [0.25, 0.3) is 0 Å². The largest absolute Gasteiger partial charge is 0.462 e. The number of benzene rings is 1. The van der Waals surface area contributed by atoms with Gasteiger partial charge in [-0.25, -0.2) is 9.59 Å². The fourth-order valence-corrected chi connectivity index (χ4v) is 1.62. The third kappa shape index (κ3) is 5.55. The summed E-state index contributed by atoms with van der Waals surface area (Å²) < 4.78 is 10.1. The molecule has 6 heteroatoms. The zero-order valence-corrected chi connectivity index (χ0v) is 13.6. The van der Waals surface area contributed by atoms with E-state index in [4.69, 9.17) is 9.47 Å². The van der Waals surface area contributed by atoms with Crippen LogP contribution in [0.3, 0.4) is 0 Å². The van der Waals surface area contributed by atoms with Crippen molar-refractivity contribution in [1.82, 2.24) is 5.32 Å². The summed E-state index contributed by atoms with van der Waals surface area (Å²) in [5.41, 5.74) is 0.507. The van der Waals surface area contributed by atoms with E-state index in [9.17, 15) is 9.59 Å². The first-order valence-electron chi connectivity index (χ1n) is 7.03. The topological polar surface area (TPSA) is 77.0 Å². The number of rotatable bonds is 3. The zero-order valence-electron chi connectivity index (χ0n) is 13.6. The van der Waals surface area contributed by atoms with Crippen molar-refractivity contribution in [2.75, 3.05) is 13.7 Å². The Morgan fingerprint density at radius 2 is 1.68 bits per heavy atom. The van der Waals surface area contributed by atoms with Crippen molar-refractivity contribution in [2.45, 2.75) is 33.3 Å². The van der Waals surface area contributed by atoms with Crippen LogP contribution in [0.25, 0.3) is 0 Å². The van der Waals surface area contributed by atoms with Crippen LogP contribution in [0.15, 0.2) is 29.3 Å². The lowest BCUT2D eigenvalue weighted by molar-refractivity contribution is 0.0525. The van der Waals surface area contributed by atoms with Gasteiger partial charge in [-0.15, -0.1) is 0 Å². The van der Waals surface area contributed by atoms with E-state index in [1.165, 1.54) is 0 Å². The molecule has 1 aromatic rings. The van der Waals surface area contributed by atoms with Gasteiger partial charge in [-0.3, -0.25) is 0 Å². The predicted octanol–water partition coefficient (Wildman–Crippen LogP) is 2.76. The van der Waals surface area contributed by atoms with Crippen LogP contribution in [0.5, 0.6) is 0 Å². The Morgan fingerprint density at radius 1 is 1.14 bits per heavy atom. The molecule has 1 aromatic carbocycles. The minimum Gasteiger partial charge on any atom is -0.462 e. The summed E-state index contributed by atoms with van der Waals surface area (Å²) in [5, 5.41) is 2.84. The number of nitrogens with one attached hydrogen (secondary N) is 1. The molecule has 22 heavy (non-hydrogen) atoms. The lowest BCUT2D eigenvalue weighted by Gasteiger charge is -2.17. The Bertz CT molecular complexity index is 557. The maximum atomic E-state index is 11.7. The predicted molar refractivity (Wildman–Crippen MR) is 84.2 cm³/mol. The molecular weight excluding hydrogens is 284 g/mol. The Kier molecular flexibility index (Phi) is 6.10. The maximum Gasteiger partial charge on any atom is 0.436 e.